The molecule has 0 bridgehead atoms. The fourth-order valence-corrected chi connectivity index (χ4v) is 2.39. The largest absolute Gasteiger partial charge is 0.445 e. The lowest BCUT2D eigenvalue weighted by Gasteiger charge is -2.36. The van der Waals surface area contributed by atoms with Crippen LogP contribution in [-0.2, 0) is 20.8 Å². The standard InChI is InChI=1S/C16H23NO5/c18-8-11-22-16(6-9-20-10-7-16)13-17-15(19)21-12-14-4-2-1-3-5-14/h1-5,18H,6-13H2,(H,17,19). The molecule has 2 N–H and O–H groups in total. The molecule has 1 aliphatic heterocycles. The minimum atomic E-state index is -0.479. The van der Waals surface area contributed by atoms with Crippen LogP contribution in [0.15, 0.2) is 30.3 Å². The van der Waals surface area contributed by atoms with Crippen molar-refractivity contribution in [1.29, 1.82) is 0 Å². The lowest BCUT2D eigenvalue weighted by molar-refractivity contribution is -0.114. The van der Waals surface area contributed by atoms with Crippen molar-refractivity contribution >= 4 is 6.09 Å². The van der Waals surface area contributed by atoms with Gasteiger partial charge in [-0.15, -0.1) is 0 Å². The second-order valence-corrected chi connectivity index (χ2v) is 5.28. The van der Waals surface area contributed by atoms with Crippen LogP contribution >= 0.6 is 0 Å². The Balaban J connectivity index is 1.77. The Hall–Kier alpha value is -1.63. The van der Waals surface area contributed by atoms with Crippen LogP contribution in [0.4, 0.5) is 4.79 Å². The summed E-state index contributed by atoms with van der Waals surface area (Å²) in [5.41, 5.74) is 0.460. The molecule has 22 heavy (non-hydrogen) atoms. The molecule has 1 heterocycles. The van der Waals surface area contributed by atoms with Crippen molar-refractivity contribution in [3.63, 3.8) is 0 Å². The molecule has 1 amide bonds. The zero-order valence-electron chi connectivity index (χ0n) is 12.6. The summed E-state index contributed by atoms with van der Waals surface area (Å²) in [6.07, 6.45) is 0.903. The number of hydrogen-bond donors (Lipinski definition) is 2. The second kappa shape index (κ2) is 8.73. The van der Waals surface area contributed by atoms with E-state index in [9.17, 15) is 4.79 Å². The van der Waals surface area contributed by atoms with Crippen LogP contribution in [0.2, 0.25) is 0 Å². The zero-order valence-corrected chi connectivity index (χ0v) is 12.6. The van der Waals surface area contributed by atoms with Gasteiger partial charge in [-0.3, -0.25) is 0 Å². The number of aliphatic hydroxyl groups excluding tert-OH is 1. The molecule has 0 saturated carbocycles. The average molecular weight is 309 g/mol. The van der Waals surface area contributed by atoms with Gasteiger partial charge in [0.25, 0.3) is 0 Å². The molecule has 6 nitrogen and oxygen atoms in total. The molecular weight excluding hydrogens is 286 g/mol. The molecule has 1 aromatic rings. The summed E-state index contributed by atoms with van der Waals surface area (Å²) in [5.74, 6) is 0. The molecule has 122 valence electrons. The summed E-state index contributed by atoms with van der Waals surface area (Å²) < 4.78 is 16.2. The molecule has 6 heteroatoms. The molecule has 1 aliphatic rings. The van der Waals surface area contributed by atoms with E-state index in [2.05, 4.69) is 5.32 Å². The number of aliphatic hydroxyl groups is 1. The number of alkyl carbamates (subject to hydrolysis) is 1. The Morgan fingerprint density at radius 1 is 1.27 bits per heavy atom. The third kappa shape index (κ3) is 5.29. The Labute approximate surface area is 130 Å². The minimum Gasteiger partial charge on any atom is -0.445 e. The lowest BCUT2D eigenvalue weighted by Crippen LogP contribution is -2.49. The summed E-state index contributed by atoms with van der Waals surface area (Å²) >= 11 is 0. The first-order chi connectivity index (χ1) is 10.7. The van der Waals surface area contributed by atoms with E-state index in [4.69, 9.17) is 19.3 Å². The summed E-state index contributed by atoms with van der Waals surface area (Å²) in [6.45, 7) is 1.98. The van der Waals surface area contributed by atoms with E-state index < -0.39 is 11.7 Å². The number of hydrogen-bond acceptors (Lipinski definition) is 5. The molecule has 0 radical (unpaired) electrons. The van der Waals surface area contributed by atoms with E-state index in [0.29, 0.717) is 32.6 Å². The van der Waals surface area contributed by atoms with Gasteiger partial charge in [-0.2, -0.15) is 0 Å². The van der Waals surface area contributed by atoms with E-state index in [-0.39, 0.29) is 19.8 Å². The zero-order chi connectivity index (χ0) is 15.7. The maximum absolute atomic E-state index is 11.8. The lowest BCUT2D eigenvalue weighted by atomic mass is 9.94. The van der Waals surface area contributed by atoms with Crippen LogP contribution in [0, 0.1) is 0 Å². The Bertz CT molecular complexity index is 445. The number of ether oxygens (including phenoxy) is 3. The minimum absolute atomic E-state index is 0.0406. The first kappa shape index (κ1) is 16.7. The molecule has 2 rings (SSSR count). The van der Waals surface area contributed by atoms with Gasteiger partial charge in [-0.05, 0) is 5.56 Å². The van der Waals surface area contributed by atoms with Gasteiger partial charge in [0.15, 0.2) is 0 Å². The first-order valence-corrected chi connectivity index (χ1v) is 7.51. The Morgan fingerprint density at radius 2 is 2.00 bits per heavy atom. The third-order valence-corrected chi connectivity index (χ3v) is 3.67. The smallest absolute Gasteiger partial charge is 0.407 e. The van der Waals surface area contributed by atoms with Gasteiger partial charge in [0, 0.05) is 26.1 Å². The van der Waals surface area contributed by atoms with E-state index in [1.54, 1.807) is 0 Å². The van der Waals surface area contributed by atoms with Crippen molar-refractivity contribution in [2.45, 2.75) is 25.0 Å². The molecule has 0 atom stereocenters. The van der Waals surface area contributed by atoms with E-state index >= 15 is 0 Å². The topological polar surface area (TPSA) is 77.0 Å². The van der Waals surface area contributed by atoms with Crippen molar-refractivity contribution in [3.05, 3.63) is 35.9 Å². The van der Waals surface area contributed by atoms with Crippen LogP contribution < -0.4 is 5.32 Å². The SMILES string of the molecule is O=C(NCC1(OCCO)CCOCC1)OCc1ccccc1. The van der Waals surface area contributed by atoms with Crippen LogP contribution in [-0.4, -0.2) is 49.8 Å². The monoisotopic (exact) mass is 309 g/mol. The van der Waals surface area contributed by atoms with Crippen molar-refractivity contribution in [2.24, 2.45) is 0 Å². The normalized spacial score (nSPS) is 17.0. The summed E-state index contributed by atoms with van der Waals surface area (Å²) in [7, 11) is 0. The second-order valence-electron chi connectivity index (χ2n) is 5.28. The molecule has 0 unspecified atom stereocenters. The maximum Gasteiger partial charge on any atom is 0.407 e. The molecule has 1 saturated heterocycles. The Kier molecular flexibility index (Phi) is 6.64. The Morgan fingerprint density at radius 3 is 2.68 bits per heavy atom. The summed E-state index contributed by atoms with van der Waals surface area (Å²) in [4.78, 5) is 11.8. The highest BCUT2D eigenvalue weighted by Crippen LogP contribution is 2.24. The van der Waals surface area contributed by atoms with E-state index in [0.717, 1.165) is 5.56 Å². The molecule has 1 aromatic carbocycles. The average Bonchev–Trinajstić information content (AvgIpc) is 2.58. The maximum atomic E-state index is 11.8. The number of amides is 1. The summed E-state index contributed by atoms with van der Waals surface area (Å²) in [6, 6.07) is 9.51. The molecule has 0 spiro atoms. The fraction of sp³-hybridized carbons (Fsp3) is 0.562. The van der Waals surface area contributed by atoms with Gasteiger partial charge in [0.1, 0.15) is 6.61 Å². The summed E-state index contributed by atoms with van der Waals surface area (Å²) in [5, 5.41) is 11.7. The first-order valence-electron chi connectivity index (χ1n) is 7.51. The van der Waals surface area contributed by atoms with Crippen molar-refractivity contribution in [2.75, 3.05) is 33.0 Å². The van der Waals surface area contributed by atoms with Crippen LogP contribution in [0.3, 0.4) is 0 Å². The van der Waals surface area contributed by atoms with E-state index in [1.165, 1.54) is 0 Å². The fourth-order valence-electron chi connectivity index (χ4n) is 2.39. The molecule has 1 fully saturated rings. The van der Waals surface area contributed by atoms with Crippen LogP contribution in [0.25, 0.3) is 0 Å². The van der Waals surface area contributed by atoms with Crippen molar-refractivity contribution in [3.8, 4) is 0 Å². The van der Waals surface area contributed by atoms with Crippen molar-refractivity contribution in [1.82, 2.24) is 5.32 Å². The highest BCUT2D eigenvalue weighted by atomic mass is 16.6. The molecule has 0 aromatic heterocycles. The third-order valence-electron chi connectivity index (χ3n) is 3.67. The number of nitrogens with one attached hydrogen (secondary N) is 1. The predicted molar refractivity (Wildman–Crippen MR) is 80.5 cm³/mol. The van der Waals surface area contributed by atoms with Crippen molar-refractivity contribution < 1.29 is 24.1 Å². The number of carbonyl (C=O) groups is 1. The molecular formula is C16H23NO5. The van der Waals surface area contributed by atoms with Gasteiger partial charge in [0.05, 0.1) is 25.4 Å². The van der Waals surface area contributed by atoms with Crippen LogP contribution in [0.5, 0.6) is 0 Å². The van der Waals surface area contributed by atoms with Gasteiger partial charge < -0.3 is 24.6 Å². The number of carbonyl (C=O) groups excluding carboxylic acids is 1. The van der Waals surface area contributed by atoms with Gasteiger partial charge in [-0.25, -0.2) is 4.79 Å². The van der Waals surface area contributed by atoms with Gasteiger partial charge >= 0.3 is 6.09 Å². The molecule has 0 aliphatic carbocycles. The highest BCUT2D eigenvalue weighted by molar-refractivity contribution is 5.67. The van der Waals surface area contributed by atoms with Gasteiger partial charge in [-0.1, -0.05) is 30.3 Å². The van der Waals surface area contributed by atoms with Gasteiger partial charge in [0.2, 0.25) is 0 Å². The number of benzene rings is 1. The van der Waals surface area contributed by atoms with Crippen LogP contribution in [0.1, 0.15) is 18.4 Å². The quantitative estimate of drug-likeness (QED) is 0.797. The predicted octanol–water partition coefficient (Wildman–Crippen LogP) is 1.47. The van der Waals surface area contributed by atoms with E-state index in [1.807, 2.05) is 30.3 Å². The highest BCUT2D eigenvalue weighted by Gasteiger charge is 2.34. The number of rotatable bonds is 7.